The molecule has 0 spiro atoms. The molecule has 2 rings (SSSR count). The largest absolute Gasteiger partial charge is 0.308 e. The molecule has 0 N–H and O–H groups in total. The molecule has 0 aliphatic rings. The Kier molecular flexibility index (Phi) is 2.57. The molecule has 0 bridgehead atoms. The Hall–Kier alpha value is -2.34. The SMILES string of the molecule is Cc1ccc(-n2cc(C=O)cc2C#N)cc1. The average Bonchev–Trinajstić information content (AvgIpc) is 2.73. The molecule has 0 fully saturated rings. The van der Waals surface area contributed by atoms with Gasteiger partial charge in [0.05, 0.1) is 0 Å². The number of rotatable bonds is 2. The number of hydrogen-bond acceptors (Lipinski definition) is 2. The first-order valence-corrected chi connectivity index (χ1v) is 4.89. The third-order valence-electron chi connectivity index (χ3n) is 2.40. The van der Waals surface area contributed by atoms with Crippen LogP contribution < -0.4 is 0 Å². The minimum absolute atomic E-state index is 0.464. The van der Waals surface area contributed by atoms with Crippen molar-refractivity contribution in [1.29, 1.82) is 5.26 Å². The topological polar surface area (TPSA) is 45.8 Å². The second kappa shape index (κ2) is 4.03. The highest BCUT2D eigenvalue weighted by Gasteiger charge is 2.06. The Morgan fingerprint density at radius 3 is 2.56 bits per heavy atom. The van der Waals surface area contributed by atoms with Crippen LogP contribution in [-0.4, -0.2) is 10.9 Å². The third-order valence-corrected chi connectivity index (χ3v) is 2.40. The molecule has 0 atom stereocenters. The molecule has 0 saturated heterocycles. The van der Waals surface area contributed by atoms with E-state index >= 15 is 0 Å². The minimum Gasteiger partial charge on any atom is -0.308 e. The molecule has 0 radical (unpaired) electrons. The molecule has 1 heterocycles. The van der Waals surface area contributed by atoms with E-state index in [1.165, 1.54) is 0 Å². The molecule has 2 aromatic rings. The lowest BCUT2D eigenvalue weighted by Crippen LogP contribution is -1.94. The lowest BCUT2D eigenvalue weighted by molar-refractivity contribution is 0.112. The van der Waals surface area contributed by atoms with Gasteiger partial charge in [-0.3, -0.25) is 4.79 Å². The highest BCUT2D eigenvalue weighted by Crippen LogP contribution is 2.15. The van der Waals surface area contributed by atoms with Crippen molar-refractivity contribution in [3.8, 4) is 11.8 Å². The van der Waals surface area contributed by atoms with E-state index in [4.69, 9.17) is 5.26 Å². The smallest absolute Gasteiger partial charge is 0.151 e. The van der Waals surface area contributed by atoms with Crippen molar-refractivity contribution in [3.63, 3.8) is 0 Å². The molecular weight excluding hydrogens is 200 g/mol. The molecular formula is C13H10N2O. The fraction of sp³-hybridized carbons (Fsp3) is 0.0769. The average molecular weight is 210 g/mol. The maximum atomic E-state index is 10.7. The van der Waals surface area contributed by atoms with Crippen LogP contribution in [0.1, 0.15) is 21.6 Å². The van der Waals surface area contributed by atoms with Crippen LogP contribution in [0.5, 0.6) is 0 Å². The number of hydrogen-bond donors (Lipinski definition) is 0. The number of aromatic nitrogens is 1. The lowest BCUT2D eigenvalue weighted by atomic mass is 10.2. The standard InChI is InChI=1S/C13H10N2O/c1-10-2-4-12(5-3-10)15-8-11(9-16)6-13(15)7-14/h2-6,8-9H,1H3. The summed E-state index contributed by atoms with van der Waals surface area (Å²) in [4.78, 5) is 10.7. The molecule has 0 aliphatic heterocycles. The van der Waals surface area contributed by atoms with Crippen LogP contribution in [0.2, 0.25) is 0 Å². The van der Waals surface area contributed by atoms with Gasteiger partial charge in [0, 0.05) is 17.4 Å². The van der Waals surface area contributed by atoms with Crippen LogP contribution in [-0.2, 0) is 0 Å². The molecule has 3 nitrogen and oxygen atoms in total. The Bertz CT molecular complexity index is 559. The second-order valence-electron chi connectivity index (χ2n) is 3.59. The van der Waals surface area contributed by atoms with Crippen LogP contribution in [0.3, 0.4) is 0 Å². The summed E-state index contributed by atoms with van der Waals surface area (Å²) in [6.45, 7) is 2.00. The van der Waals surface area contributed by atoms with Gasteiger partial charge in [0.2, 0.25) is 0 Å². The van der Waals surface area contributed by atoms with E-state index in [-0.39, 0.29) is 0 Å². The third kappa shape index (κ3) is 1.73. The van der Waals surface area contributed by atoms with E-state index in [9.17, 15) is 4.79 Å². The molecule has 0 saturated carbocycles. The molecule has 1 aromatic carbocycles. The predicted molar refractivity (Wildman–Crippen MR) is 60.6 cm³/mol. The van der Waals surface area contributed by atoms with Gasteiger partial charge in [-0.15, -0.1) is 0 Å². The van der Waals surface area contributed by atoms with Crippen molar-refractivity contribution >= 4 is 6.29 Å². The molecule has 16 heavy (non-hydrogen) atoms. The first-order chi connectivity index (χ1) is 7.74. The van der Waals surface area contributed by atoms with Crippen LogP contribution in [0.4, 0.5) is 0 Å². The van der Waals surface area contributed by atoms with Crippen molar-refractivity contribution < 1.29 is 4.79 Å². The maximum Gasteiger partial charge on any atom is 0.151 e. The predicted octanol–water partition coefficient (Wildman–Crippen LogP) is 2.47. The Balaban J connectivity index is 2.55. The highest BCUT2D eigenvalue weighted by atomic mass is 16.1. The van der Waals surface area contributed by atoms with Crippen molar-refractivity contribution in [2.45, 2.75) is 6.92 Å². The van der Waals surface area contributed by atoms with Crippen molar-refractivity contribution in [2.24, 2.45) is 0 Å². The summed E-state index contributed by atoms with van der Waals surface area (Å²) in [7, 11) is 0. The quantitative estimate of drug-likeness (QED) is 0.715. The van der Waals surface area contributed by atoms with Crippen molar-refractivity contribution in [2.75, 3.05) is 0 Å². The Morgan fingerprint density at radius 1 is 1.31 bits per heavy atom. The lowest BCUT2D eigenvalue weighted by Gasteiger charge is -2.04. The number of aryl methyl sites for hydroxylation is 1. The Labute approximate surface area is 93.6 Å². The summed E-state index contributed by atoms with van der Waals surface area (Å²) in [6.07, 6.45) is 2.40. The van der Waals surface area contributed by atoms with Gasteiger partial charge in [0.1, 0.15) is 11.8 Å². The van der Waals surface area contributed by atoms with Crippen LogP contribution in [0.25, 0.3) is 5.69 Å². The van der Waals surface area contributed by atoms with E-state index in [2.05, 4.69) is 6.07 Å². The monoisotopic (exact) mass is 210 g/mol. The van der Waals surface area contributed by atoms with Gasteiger partial charge in [-0.25, -0.2) is 0 Å². The number of nitriles is 1. The number of benzene rings is 1. The van der Waals surface area contributed by atoms with Gasteiger partial charge in [-0.05, 0) is 25.1 Å². The Morgan fingerprint density at radius 2 is 2.00 bits per heavy atom. The number of nitrogens with zero attached hydrogens (tertiary/aromatic N) is 2. The fourth-order valence-electron chi connectivity index (χ4n) is 1.55. The number of carbonyl (C=O) groups excluding carboxylic acids is 1. The summed E-state index contributed by atoms with van der Waals surface area (Å²) in [6, 6.07) is 11.4. The van der Waals surface area contributed by atoms with Gasteiger partial charge < -0.3 is 4.57 Å². The zero-order chi connectivity index (χ0) is 11.5. The van der Waals surface area contributed by atoms with E-state index in [1.54, 1.807) is 16.8 Å². The summed E-state index contributed by atoms with van der Waals surface area (Å²) in [5, 5.41) is 8.96. The zero-order valence-electron chi connectivity index (χ0n) is 8.84. The number of aldehydes is 1. The van der Waals surface area contributed by atoms with E-state index < -0.39 is 0 Å². The van der Waals surface area contributed by atoms with Crippen LogP contribution in [0.15, 0.2) is 36.5 Å². The first-order valence-electron chi connectivity index (χ1n) is 4.89. The molecule has 78 valence electrons. The van der Waals surface area contributed by atoms with E-state index in [0.29, 0.717) is 11.3 Å². The first kappa shape index (κ1) is 10.2. The van der Waals surface area contributed by atoms with Gasteiger partial charge in [0.25, 0.3) is 0 Å². The fourth-order valence-corrected chi connectivity index (χ4v) is 1.55. The summed E-state index contributed by atoms with van der Waals surface area (Å²) in [5.41, 5.74) is 3.02. The summed E-state index contributed by atoms with van der Waals surface area (Å²) in [5.74, 6) is 0. The molecule has 0 aliphatic carbocycles. The van der Waals surface area contributed by atoms with Crippen LogP contribution >= 0.6 is 0 Å². The van der Waals surface area contributed by atoms with Gasteiger partial charge in [-0.1, -0.05) is 17.7 Å². The van der Waals surface area contributed by atoms with E-state index in [0.717, 1.165) is 17.5 Å². The van der Waals surface area contributed by atoms with Crippen molar-refractivity contribution in [1.82, 2.24) is 4.57 Å². The second-order valence-corrected chi connectivity index (χ2v) is 3.59. The van der Waals surface area contributed by atoms with Gasteiger partial charge in [0.15, 0.2) is 6.29 Å². The molecule has 1 aromatic heterocycles. The molecule has 0 unspecified atom stereocenters. The minimum atomic E-state index is 0.464. The van der Waals surface area contributed by atoms with Gasteiger partial charge >= 0.3 is 0 Å². The maximum absolute atomic E-state index is 10.7. The number of carbonyl (C=O) groups is 1. The molecule has 3 heteroatoms. The zero-order valence-corrected chi connectivity index (χ0v) is 8.84. The highest BCUT2D eigenvalue weighted by molar-refractivity contribution is 5.75. The van der Waals surface area contributed by atoms with E-state index in [1.807, 2.05) is 31.2 Å². The summed E-state index contributed by atoms with van der Waals surface area (Å²) >= 11 is 0. The summed E-state index contributed by atoms with van der Waals surface area (Å²) < 4.78 is 1.71. The van der Waals surface area contributed by atoms with Gasteiger partial charge in [-0.2, -0.15) is 5.26 Å². The van der Waals surface area contributed by atoms with Crippen LogP contribution in [0, 0.1) is 18.3 Å². The van der Waals surface area contributed by atoms with Crippen molar-refractivity contribution in [3.05, 3.63) is 53.3 Å². The normalized spacial score (nSPS) is 9.75. The molecule has 0 amide bonds.